The lowest BCUT2D eigenvalue weighted by atomic mass is 10.0. The lowest BCUT2D eigenvalue weighted by Gasteiger charge is -2.19. The highest BCUT2D eigenvalue weighted by atomic mass is 16.7. The van der Waals surface area contributed by atoms with E-state index in [9.17, 15) is 0 Å². The number of rotatable bonds is 1. The Morgan fingerprint density at radius 1 is 0.636 bits per heavy atom. The predicted molar refractivity (Wildman–Crippen MR) is 87.1 cm³/mol. The second kappa shape index (κ2) is 5.23. The first-order valence-corrected chi connectivity index (χ1v) is 7.39. The molecule has 1 heterocycles. The summed E-state index contributed by atoms with van der Waals surface area (Å²) >= 11 is 0. The van der Waals surface area contributed by atoms with E-state index in [-0.39, 0.29) is 0 Å². The van der Waals surface area contributed by atoms with E-state index in [1.165, 1.54) is 5.56 Å². The topological polar surface area (TPSA) is 18.5 Å². The van der Waals surface area contributed by atoms with Gasteiger partial charge in [0.05, 0.1) is 0 Å². The molecule has 0 bridgehead atoms. The molecule has 0 fully saturated rings. The van der Waals surface area contributed by atoms with Gasteiger partial charge < -0.3 is 9.47 Å². The Hall–Kier alpha value is -2.74. The van der Waals surface area contributed by atoms with Crippen molar-refractivity contribution in [3.8, 4) is 22.6 Å². The number of hydrogen-bond acceptors (Lipinski definition) is 2. The van der Waals surface area contributed by atoms with Crippen molar-refractivity contribution in [3.63, 3.8) is 0 Å². The lowest BCUT2D eigenvalue weighted by Crippen LogP contribution is -2.13. The zero-order valence-corrected chi connectivity index (χ0v) is 12.3. The van der Waals surface area contributed by atoms with Gasteiger partial charge in [0.1, 0.15) is 11.5 Å². The average Bonchev–Trinajstić information content (AvgIpc) is 2.72. The maximum Gasteiger partial charge on any atom is 0.267 e. The quantitative estimate of drug-likeness (QED) is 0.618. The minimum atomic E-state index is -0.439. The minimum Gasteiger partial charge on any atom is -0.450 e. The summed E-state index contributed by atoms with van der Waals surface area (Å²) in [6, 6.07) is 24.4. The van der Waals surface area contributed by atoms with Gasteiger partial charge in [-0.1, -0.05) is 66.2 Å². The summed E-state index contributed by atoms with van der Waals surface area (Å²) in [4.78, 5) is 0. The third-order valence-electron chi connectivity index (χ3n) is 3.88. The van der Waals surface area contributed by atoms with Gasteiger partial charge in [-0.05, 0) is 19.1 Å². The Balaban J connectivity index is 1.84. The van der Waals surface area contributed by atoms with Crippen LogP contribution >= 0.6 is 0 Å². The zero-order valence-electron chi connectivity index (χ0n) is 12.3. The van der Waals surface area contributed by atoms with Crippen LogP contribution in [0.3, 0.4) is 0 Å². The van der Waals surface area contributed by atoms with Crippen LogP contribution in [0.4, 0.5) is 0 Å². The fraction of sp³-hybridized carbons (Fsp3) is 0.100. The highest BCUT2D eigenvalue weighted by Gasteiger charge is 2.23. The molecule has 0 saturated heterocycles. The van der Waals surface area contributed by atoms with Gasteiger partial charge in [-0.2, -0.15) is 0 Å². The van der Waals surface area contributed by atoms with E-state index in [1.807, 2.05) is 36.4 Å². The minimum absolute atomic E-state index is 0.439. The molecule has 0 radical (unpaired) electrons. The molecule has 0 aliphatic carbocycles. The molecule has 0 atom stereocenters. The lowest BCUT2D eigenvalue weighted by molar-refractivity contribution is 0.00766. The molecular formula is C20H16O2. The Bertz CT molecular complexity index is 758. The van der Waals surface area contributed by atoms with Crippen molar-refractivity contribution < 1.29 is 9.47 Å². The fourth-order valence-corrected chi connectivity index (χ4v) is 2.70. The number of aryl methyl sites for hydroxylation is 1. The summed E-state index contributed by atoms with van der Waals surface area (Å²) < 4.78 is 12.3. The van der Waals surface area contributed by atoms with Crippen molar-refractivity contribution in [2.75, 3.05) is 0 Å². The molecule has 1 aliphatic heterocycles. The van der Waals surface area contributed by atoms with Crippen LogP contribution < -0.4 is 9.47 Å². The molecule has 0 N–H and O–H groups in total. The van der Waals surface area contributed by atoms with Crippen LogP contribution in [0, 0.1) is 6.92 Å². The molecule has 108 valence electrons. The third-order valence-corrected chi connectivity index (χ3v) is 3.88. The van der Waals surface area contributed by atoms with Crippen molar-refractivity contribution in [2.24, 2.45) is 0 Å². The maximum atomic E-state index is 6.14. The first-order chi connectivity index (χ1) is 10.8. The van der Waals surface area contributed by atoms with Gasteiger partial charge in [-0.25, -0.2) is 0 Å². The van der Waals surface area contributed by atoms with Crippen molar-refractivity contribution in [2.45, 2.75) is 13.2 Å². The smallest absolute Gasteiger partial charge is 0.267 e. The molecule has 1 aliphatic rings. The molecule has 0 unspecified atom stereocenters. The van der Waals surface area contributed by atoms with Gasteiger partial charge in [-0.15, -0.1) is 0 Å². The van der Waals surface area contributed by atoms with Gasteiger partial charge in [0, 0.05) is 16.7 Å². The van der Waals surface area contributed by atoms with Crippen molar-refractivity contribution in [1.29, 1.82) is 0 Å². The van der Waals surface area contributed by atoms with Crippen LogP contribution in [0.2, 0.25) is 0 Å². The Morgan fingerprint density at radius 3 is 1.68 bits per heavy atom. The summed E-state index contributed by atoms with van der Waals surface area (Å²) in [6.07, 6.45) is -0.439. The summed E-state index contributed by atoms with van der Waals surface area (Å²) in [5.74, 6) is 1.69. The molecule has 3 aromatic rings. The summed E-state index contributed by atoms with van der Waals surface area (Å²) in [6.45, 7) is 2.07. The standard InChI is InChI=1S/C20H16O2/c1-14-10-12-15(13-11-14)20-21-18-8-4-2-6-16(18)17-7-3-5-9-19(17)22-20/h2-13,20H,1H3. The summed E-state index contributed by atoms with van der Waals surface area (Å²) in [5.41, 5.74) is 4.36. The van der Waals surface area contributed by atoms with E-state index in [0.29, 0.717) is 0 Å². The second-order valence-corrected chi connectivity index (χ2v) is 5.47. The fourth-order valence-electron chi connectivity index (χ4n) is 2.70. The highest BCUT2D eigenvalue weighted by molar-refractivity contribution is 5.76. The van der Waals surface area contributed by atoms with E-state index in [1.54, 1.807) is 0 Å². The van der Waals surface area contributed by atoms with Gasteiger partial charge in [0.2, 0.25) is 0 Å². The van der Waals surface area contributed by atoms with E-state index >= 15 is 0 Å². The largest absolute Gasteiger partial charge is 0.450 e. The van der Waals surface area contributed by atoms with Gasteiger partial charge in [0.25, 0.3) is 6.29 Å². The number of ether oxygens (including phenoxy) is 2. The second-order valence-electron chi connectivity index (χ2n) is 5.47. The van der Waals surface area contributed by atoms with Gasteiger partial charge >= 0.3 is 0 Å². The van der Waals surface area contributed by atoms with E-state index in [4.69, 9.17) is 9.47 Å². The molecule has 2 heteroatoms. The molecule has 0 amide bonds. The van der Waals surface area contributed by atoms with Crippen LogP contribution in [-0.4, -0.2) is 0 Å². The first-order valence-electron chi connectivity index (χ1n) is 7.39. The van der Waals surface area contributed by atoms with Crippen LogP contribution in [0.1, 0.15) is 17.4 Å². The molecule has 4 rings (SSSR count). The SMILES string of the molecule is Cc1ccc(C2Oc3ccccc3-c3ccccc3O2)cc1. The maximum absolute atomic E-state index is 6.14. The Morgan fingerprint density at radius 2 is 1.14 bits per heavy atom. The van der Waals surface area contributed by atoms with Gasteiger partial charge in [-0.3, -0.25) is 0 Å². The molecular weight excluding hydrogens is 272 g/mol. The van der Waals surface area contributed by atoms with Crippen molar-refractivity contribution >= 4 is 0 Å². The molecule has 22 heavy (non-hydrogen) atoms. The highest BCUT2D eigenvalue weighted by Crippen LogP contribution is 2.42. The van der Waals surface area contributed by atoms with Crippen LogP contribution in [-0.2, 0) is 0 Å². The summed E-state index contributed by atoms with van der Waals surface area (Å²) in [5, 5.41) is 0. The number of hydrogen-bond donors (Lipinski definition) is 0. The van der Waals surface area contributed by atoms with E-state index in [2.05, 4.69) is 43.3 Å². The predicted octanol–water partition coefficient (Wildman–Crippen LogP) is 5.13. The Labute approximate surface area is 129 Å². The average molecular weight is 288 g/mol. The molecule has 0 spiro atoms. The third kappa shape index (κ3) is 2.23. The molecule has 0 aromatic heterocycles. The molecule has 3 aromatic carbocycles. The first kappa shape index (κ1) is 13.0. The van der Waals surface area contributed by atoms with E-state index < -0.39 is 6.29 Å². The number of para-hydroxylation sites is 2. The summed E-state index contributed by atoms with van der Waals surface area (Å²) in [7, 11) is 0. The number of benzene rings is 3. The van der Waals surface area contributed by atoms with E-state index in [0.717, 1.165) is 28.2 Å². The van der Waals surface area contributed by atoms with Crippen LogP contribution in [0.15, 0.2) is 72.8 Å². The zero-order chi connectivity index (χ0) is 14.9. The molecule has 0 saturated carbocycles. The Kier molecular flexibility index (Phi) is 3.08. The van der Waals surface area contributed by atoms with Crippen LogP contribution in [0.25, 0.3) is 11.1 Å². The monoisotopic (exact) mass is 288 g/mol. The van der Waals surface area contributed by atoms with Crippen LogP contribution in [0.5, 0.6) is 11.5 Å². The van der Waals surface area contributed by atoms with Crippen molar-refractivity contribution in [1.82, 2.24) is 0 Å². The molecule has 2 nitrogen and oxygen atoms in total. The van der Waals surface area contributed by atoms with Crippen molar-refractivity contribution in [3.05, 3.63) is 83.9 Å². The van der Waals surface area contributed by atoms with Gasteiger partial charge in [0.15, 0.2) is 0 Å². The number of fused-ring (bicyclic) bond motifs is 3. The normalized spacial score (nSPS) is 13.3.